The molecule has 1 saturated heterocycles. The number of carbonyl (C=O) groups is 1. The Kier molecular flexibility index (Phi) is 5.08. The van der Waals surface area contributed by atoms with Gasteiger partial charge in [0.1, 0.15) is 5.82 Å². The molecule has 0 bridgehead atoms. The SMILES string of the molecule is O=C(NC1CCCC1)c1nnc2n1CC1(CC2)CCN(Cc2ccccn2)CC1. The van der Waals surface area contributed by atoms with Crippen LogP contribution < -0.4 is 5.32 Å². The average molecular weight is 395 g/mol. The lowest BCUT2D eigenvalue weighted by molar-refractivity contribution is 0.0611. The molecule has 2 fully saturated rings. The third-order valence-electron chi connectivity index (χ3n) is 7.12. The minimum atomic E-state index is -0.0414. The van der Waals surface area contributed by atoms with Crippen molar-refractivity contribution in [2.24, 2.45) is 5.41 Å². The van der Waals surface area contributed by atoms with Gasteiger partial charge in [-0.25, -0.2) is 0 Å². The van der Waals surface area contributed by atoms with E-state index in [1.54, 1.807) is 0 Å². The Labute approximate surface area is 171 Å². The molecule has 4 heterocycles. The van der Waals surface area contributed by atoms with Gasteiger partial charge in [0.25, 0.3) is 5.91 Å². The topological polar surface area (TPSA) is 75.9 Å². The maximum Gasteiger partial charge on any atom is 0.289 e. The predicted molar refractivity (Wildman–Crippen MR) is 109 cm³/mol. The second kappa shape index (κ2) is 7.86. The third kappa shape index (κ3) is 3.92. The van der Waals surface area contributed by atoms with Crippen molar-refractivity contribution >= 4 is 5.91 Å². The molecule has 2 aromatic heterocycles. The van der Waals surface area contributed by atoms with Crippen LogP contribution in [0, 0.1) is 5.41 Å². The minimum absolute atomic E-state index is 0.0414. The normalized spacial score (nSPS) is 21.9. The van der Waals surface area contributed by atoms with E-state index in [1.807, 2.05) is 12.3 Å². The Hall–Kier alpha value is -2.28. The molecule has 1 N–H and O–H groups in total. The minimum Gasteiger partial charge on any atom is -0.347 e. The smallest absolute Gasteiger partial charge is 0.289 e. The molecule has 7 nitrogen and oxygen atoms in total. The molecule has 1 aliphatic carbocycles. The zero-order valence-electron chi connectivity index (χ0n) is 17.0. The van der Waals surface area contributed by atoms with Crippen LogP contribution in [0.15, 0.2) is 24.4 Å². The van der Waals surface area contributed by atoms with Crippen molar-refractivity contribution in [3.63, 3.8) is 0 Å². The average Bonchev–Trinajstić information content (AvgIpc) is 3.40. The van der Waals surface area contributed by atoms with Crippen LogP contribution in [0.4, 0.5) is 0 Å². The van der Waals surface area contributed by atoms with E-state index in [0.717, 1.165) is 76.2 Å². The van der Waals surface area contributed by atoms with Gasteiger partial charge in [0.15, 0.2) is 0 Å². The summed E-state index contributed by atoms with van der Waals surface area (Å²) in [5, 5.41) is 11.8. The fraction of sp³-hybridized carbons (Fsp3) is 0.636. The predicted octanol–water partition coefficient (Wildman–Crippen LogP) is 2.57. The van der Waals surface area contributed by atoms with Gasteiger partial charge in [0.2, 0.25) is 5.82 Å². The monoisotopic (exact) mass is 394 g/mol. The summed E-state index contributed by atoms with van der Waals surface area (Å²) in [5.74, 6) is 1.45. The van der Waals surface area contributed by atoms with E-state index in [4.69, 9.17) is 0 Å². The lowest BCUT2D eigenvalue weighted by atomic mass is 9.73. The first-order chi connectivity index (χ1) is 14.2. The van der Waals surface area contributed by atoms with Crippen LogP contribution in [-0.2, 0) is 19.5 Å². The summed E-state index contributed by atoms with van der Waals surface area (Å²) in [4.78, 5) is 19.8. The van der Waals surface area contributed by atoms with Crippen LogP contribution in [0.25, 0.3) is 0 Å². The van der Waals surface area contributed by atoms with Gasteiger partial charge in [-0.3, -0.25) is 14.7 Å². The molecule has 1 spiro atoms. The zero-order valence-corrected chi connectivity index (χ0v) is 17.0. The number of carbonyl (C=O) groups excluding carboxylic acids is 1. The first kappa shape index (κ1) is 18.7. The molecule has 154 valence electrons. The molecule has 1 amide bonds. The van der Waals surface area contributed by atoms with Crippen molar-refractivity contribution in [3.8, 4) is 0 Å². The summed E-state index contributed by atoms with van der Waals surface area (Å²) < 4.78 is 2.11. The van der Waals surface area contributed by atoms with Gasteiger partial charge < -0.3 is 9.88 Å². The van der Waals surface area contributed by atoms with Crippen molar-refractivity contribution in [2.75, 3.05) is 13.1 Å². The van der Waals surface area contributed by atoms with E-state index in [0.29, 0.717) is 11.9 Å². The highest BCUT2D eigenvalue weighted by Crippen LogP contribution is 2.41. The standard InChI is InChI=1S/C22H30N6O/c29-21(24-17-5-1-2-6-17)20-26-25-19-8-9-22(16-28(19)20)10-13-27(14-11-22)15-18-7-3-4-12-23-18/h3-4,7,12,17H,1-2,5-6,8-11,13-16H2,(H,24,29). The second-order valence-corrected chi connectivity index (χ2v) is 9.08. The number of rotatable bonds is 4. The molecule has 29 heavy (non-hydrogen) atoms. The highest BCUT2D eigenvalue weighted by atomic mass is 16.2. The van der Waals surface area contributed by atoms with Gasteiger partial charge in [-0.2, -0.15) is 0 Å². The van der Waals surface area contributed by atoms with E-state index in [9.17, 15) is 4.79 Å². The molecule has 5 rings (SSSR count). The van der Waals surface area contributed by atoms with E-state index >= 15 is 0 Å². The van der Waals surface area contributed by atoms with Crippen LogP contribution in [0.2, 0.25) is 0 Å². The molecule has 3 aliphatic rings. The number of pyridine rings is 1. The molecule has 0 atom stereocenters. The van der Waals surface area contributed by atoms with E-state index in [-0.39, 0.29) is 11.3 Å². The maximum atomic E-state index is 12.8. The van der Waals surface area contributed by atoms with Crippen LogP contribution in [0.1, 0.15) is 67.1 Å². The first-order valence-corrected chi connectivity index (χ1v) is 11.1. The highest BCUT2D eigenvalue weighted by molar-refractivity contribution is 5.91. The number of amides is 1. The third-order valence-corrected chi connectivity index (χ3v) is 7.12. The Morgan fingerprint density at radius 2 is 1.97 bits per heavy atom. The van der Waals surface area contributed by atoms with Crippen molar-refractivity contribution in [1.29, 1.82) is 0 Å². The zero-order chi connectivity index (χ0) is 19.7. The van der Waals surface area contributed by atoms with Crippen LogP contribution in [-0.4, -0.2) is 49.7 Å². The summed E-state index contributed by atoms with van der Waals surface area (Å²) in [6.07, 6.45) is 10.8. The molecular weight excluding hydrogens is 364 g/mol. The summed E-state index contributed by atoms with van der Waals surface area (Å²) in [6.45, 7) is 3.96. The van der Waals surface area contributed by atoms with Gasteiger partial charge in [-0.05, 0) is 62.7 Å². The van der Waals surface area contributed by atoms with Crippen molar-refractivity contribution < 1.29 is 4.79 Å². The Bertz CT molecular complexity index is 849. The number of aromatic nitrogens is 4. The molecule has 7 heteroatoms. The molecule has 2 aromatic rings. The number of hydrogen-bond acceptors (Lipinski definition) is 5. The maximum absolute atomic E-state index is 12.8. The molecule has 1 saturated carbocycles. The van der Waals surface area contributed by atoms with Gasteiger partial charge in [0, 0.05) is 31.7 Å². The number of fused-ring (bicyclic) bond motifs is 1. The summed E-state index contributed by atoms with van der Waals surface area (Å²) >= 11 is 0. The Balaban J connectivity index is 1.24. The largest absolute Gasteiger partial charge is 0.347 e. The fourth-order valence-electron chi connectivity index (χ4n) is 5.28. The first-order valence-electron chi connectivity index (χ1n) is 11.1. The van der Waals surface area contributed by atoms with E-state index in [1.165, 1.54) is 12.8 Å². The van der Waals surface area contributed by atoms with Crippen molar-refractivity contribution in [3.05, 3.63) is 41.7 Å². The lowest BCUT2D eigenvalue weighted by Crippen LogP contribution is -2.45. The van der Waals surface area contributed by atoms with Gasteiger partial charge in [0.05, 0.1) is 5.69 Å². The molecule has 0 unspecified atom stereocenters. The lowest BCUT2D eigenvalue weighted by Gasteiger charge is -2.44. The highest BCUT2D eigenvalue weighted by Gasteiger charge is 2.40. The van der Waals surface area contributed by atoms with Crippen LogP contribution >= 0.6 is 0 Å². The summed E-state index contributed by atoms with van der Waals surface area (Å²) in [6, 6.07) is 6.43. The quantitative estimate of drug-likeness (QED) is 0.863. The number of hydrogen-bond donors (Lipinski definition) is 1. The van der Waals surface area contributed by atoms with E-state index in [2.05, 4.69) is 42.1 Å². The van der Waals surface area contributed by atoms with Crippen LogP contribution in [0.3, 0.4) is 0 Å². The summed E-state index contributed by atoms with van der Waals surface area (Å²) in [7, 11) is 0. The van der Waals surface area contributed by atoms with Crippen molar-refractivity contribution in [2.45, 2.75) is 70.5 Å². The number of piperidine rings is 1. The number of aryl methyl sites for hydroxylation is 1. The van der Waals surface area contributed by atoms with E-state index < -0.39 is 0 Å². The van der Waals surface area contributed by atoms with Crippen LogP contribution in [0.5, 0.6) is 0 Å². The number of likely N-dealkylation sites (tertiary alicyclic amines) is 1. The van der Waals surface area contributed by atoms with Gasteiger partial charge >= 0.3 is 0 Å². The number of nitrogens with one attached hydrogen (secondary N) is 1. The number of nitrogens with zero attached hydrogens (tertiary/aromatic N) is 5. The Morgan fingerprint density at radius 1 is 1.14 bits per heavy atom. The van der Waals surface area contributed by atoms with Gasteiger partial charge in [-0.15, -0.1) is 10.2 Å². The molecule has 2 aliphatic heterocycles. The van der Waals surface area contributed by atoms with Crippen molar-refractivity contribution in [1.82, 2.24) is 30.0 Å². The fourth-order valence-corrected chi connectivity index (χ4v) is 5.28. The molecular formula is C22H30N6O. The van der Waals surface area contributed by atoms with Gasteiger partial charge in [-0.1, -0.05) is 18.9 Å². The summed E-state index contributed by atoms with van der Waals surface area (Å²) in [5.41, 5.74) is 1.40. The Morgan fingerprint density at radius 3 is 2.72 bits per heavy atom. The molecule has 0 aromatic carbocycles. The second-order valence-electron chi connectivity index (χ2n) is 9.08. The molecule has 0 radical (unpaired) electrons.